The predicted molar refractivity (Wildman–Crippen MR) is 109 cm³/mol. The molecule has 1 N–H and O–H groups in total. The van der Waals surface area contributed by atoms with Crippen molar-refractivity contribution >= 4 is 17.4 Å². The molecule has 5 nitrogen and oxygen atoms in total. The van der Waals surface area contributed by atoms with Crippen molar-refractivity contribution in [3.63, 3.8) is 0 Å². The summed E-state index contributed by atoms with van der Waals surface area (Å²) in [7, 11) is 0. The molecule has 1 aliphatic rings. The Balaban J connectivity index is 2.11. The molecule has 0 aliphatic carbocycles. The summed E-state index contributed by atoms with van der Waals surface area (Å²) in [6, 6.07) is 10.9. The van der Waals surface area contributed by atoms with Crippen molar-refractivity contribution in [2.75, 3.05) is 4.90 Å². The second-order valence-electron chi connectivity index (χ2n) is 8.37. The van der Waals surface area contributed by atoms with Gasteiger partial charge in [-0.2, -0.15) is 0 Å². The first-order chi connectivity index (χ1) is 14.3. The van der Waals surface area contributed by atoms with Gasteiger partial charge in [-0.05, 0) is 36.8 Å². The summed E-state index contributed by atoms with van der Waals surface area (Å²) in [5.74, 6) is -2.31. The van der Waals surface area contributed by atoms with Crippen LogP contribution in [0.1, 0.15) is 37.9 Å². The van der Waals surface area contributed by atoms with Gasteiger partial charge in [-0.3, -0.25) is 14.5 Å². The summed E-state index contributed by atoms with van der Waals surface area (Å²) in [4.78, 5) is 27.3. The van der Waals surface area contributed by atoms with Gasteiger partial charge in [0.05, 0.1) is 11.6 Å². The number of halogens is 3. The Morgan fingerprint density at radius 1 is 1.06 bits per heavy atom. The zero-order valence-electron chi connectivity index (χ0n) is 17.4. The van der Waals surface area contributed by atoms with Gasteiger partial charge >= 0.3 is 6.36 Å². The van der Waals surface area contributed by atoms with Crippen molar-refractivity contribution in [1.29, 1.82) is 0 Å². The molecule has 0 saturated carbocycles. The first-order valence-corrected chi connectivity index (χ1v) is 9.53. The topological polar surface area (TPSA) is 66.8 Å². The van der Waals surface area contributed by atoms with Crippen LogP contribution in [-0.4, -0.2) is 23.2 Å². The van der Waals surface area contributed by atoms with Crippen molar-refractivity contribution in [2.45, 2.75) is 40.1 Å². The first-order valence-electron chi connectivity index (χ1n) is 9.53. The van der Waals surface area contributed by atoms with Gasteiger partial charge in [0.15, 0.2) is 11.5 Å². The predicted octanol–water partition coefficient (Wildman–Crippen LogP) is 5.41. The molecule has 0 spiro atoms. The van der Waals surface area contributed by atoms with E-state index in [1.54, 1.807) is 39.0 Å². The summed E-state index contributed by atoms with van der Waals surface area (Å²) in [5, 5.41) is 10.6. The summed E-state index contributed by atoms with van der Waals surface area (Å²) < 4.78 is 41.3. The molecule has 1 aliphatic heterocycles. The third kappa shape index (κ3) is 4.57. The van der Waals surface area contributed by atoms with Crippen LogP contribution in [0.4, 0.5) is 18.9 Å². The standard InChI is InChI=1S/C23H22F3NO4/c1-13-6-5-7-14(12-13)18-17(20(29)22(2,3)4)19(28)21(30)27(18)15-8-10-16(11-9-15)31-23(24,25)26/h5-12,18,28H,1-4H3. The molecule has 0 fully saturated rings. The number of nitrogens with zero attached hydrogens (tertiary/aromatic N) is 1. The van der Waals surface area contributed by atoms with Crippen LogP contribution in [0.2, 0.25) is 0 Å². The largest absolute Gasteiger partial charge is 0.573 e. The van der Waals surface area contributed by atoms with Gasteiger partial charge < -0.3 is 9.84 Å². The Kier molecular flexibility index (Phi) is 5.60. The van der Waals surface area contributed by atoms with E-state index in [4.69, 9.17) is 0 Å². The van der Waals surface area contributed by atoms with Crippen molar-refractivity contribution in [1.82, 2.24) is 0 Å². The maximum atomic E-state index is 13.1. The first kappa shape index (κ1) is 22.4. The molecule has 0 radical (unpaired) electrons. The molecule has 0 bridgehead atoms. The Bertz CT molecular complexity index is 1050. The lowest BCUT2D eigenvalue weighted by Gasteiger charge is -2.29. The van der Waals surface area contributed by atoms with E-state index in [1.807, 2.05) is 13.0 Å². The van der Waals surface area contributed by atoms with Gasteiger partial charge in [-0.15, -0.1) is 13.2 Å². The molecule has 1 heterocycles. The average Bonchev–Trinajstić information content (AvgIpc) is 2.91. The maximum Gasteiger partial charge on any atom is 0.573 e. The second kappa shape index (κ2) is 7.76. The number of hydrogen-bond donors (Lipinski definition) is 1. The van der Waals surface area contributed by atoms with E-state index >= 15 is 0 Å². The number of aliphatic hydroxyl groups is 1. The number of ketones is 1. The van der Waals surface area contributed by atoms with E-state index in [2.05, 4.69) is 4.74 Å². The van der Waals surface area contributed by atoms with Gasteiger partial charge in [0.2, 0.25) is 0 Å². The van der Waals surface area contributed by atoms with Crippen LogP contribution in [0.25, 0.3) is 0 Å². The maximum absolute atomic E-state index is 13.1. The molecule has 2 aromatic carbocycles. The van der Waals surface area contributed by atoms with Crippen molar-refractivity contribution in [3.05, 3.63) is 71.0 Å². The number of aliphatic hydroxyl groups excluding tert-OH is 1. The molecule has 164 valence electrons. The SMILES string of the molecule is Cc1cccc(C2C(C(=O)C(C)(C)C)=C(O)C(=O)N2c2ccc(OC(F)(F)F)cc2)c1. The molecular formula is C23H22F3NO4. The average molecular weight is 433 g/mol. The van der Waals surface area contributed by atoms with Crippen LogP contribution in [0.3, 0.4) is 0 Å². The molecule has 1 unspecified atom stereocenters. The lowest BCUT2D eigenvalue weighted by atomic mass is 9.82. The molecule has 3 rings (SSSR count). The zero-order chi connectivity index (χ0) is 23.1. The molecule has 1 atom stereocenters. The quantitative estimate of drug-likeness (QED) is 0.700. The van der Waals surface area contributed by atoms with Crippen molar-refractivity contribution < 1.29 is 32.6 Å². The summed E-state index contributed by atoms with van der Waals surface area (Å²) >= 11 is 0. The number of benzene rings is 2. The van der Waals surface area contributed by atoms with E-state index in [1.165, 1.54) is 17.0 Å². The van der Waals surface area contributed by atoms with E-state index in [0.29, 0.717) is 5.56 Å². The van der Waals surface area contributed by atoms with Crippen LogP contribution in [0, 0.1) is 12.3 Å². The Labute approximate surface area is 177 Å². The zero-order valence-corrected chi connectivity index (χ0v) is 17.4. The minimum Gasteiger partial charge on any atom is -0.503 e. The number of Topliss-reactive ketones (excluding diaryl/α,β-unsaturated/α-hetero) is 1. The number of hydrogen-bond acceptors (Lipinski definition) is 4. The van der Waals surface area contributed by atoms with Crippen molar-refractivity contribution in [2.24, 2.45) is 5.41 Å². The molecule has 31 heavy (non-hydrogen) atoms. The molecular weight excluding hydrogens is 411 g/mol. The van der Waals surface area contributed by atoms with Gasteiger partial charge in [-0.1, -0.05) is 50.6 Å². The highest BCUT2D eigenvalue weighted by atomic mass is 19.4. The summed E-state index contributed by atoms with van der Waals surface area (Å²) in [5.41, 5.74) is 0.785. The Hall–Kier alpha value is -3.29. The fourth-order valence-electron chi connectivity index (χ4n) is 3.47. The van der Waals surface area contributed by atoms with Crippen LogP contribution in [0.5, 0.6) is 5.75 Å². The summed E-state index contributed by atoms with van der Waals surface area (Å²) in [6.45, 7) is 6.89. The highest BCUT2D eigenvalue weighted by Crippen LogP contribution is 2.43. The van der Waals surface area contributed by atoms with E-state index in [9.17, 15) is 27.9 Å². The number of alkyl halides is 3. The molecule has 8 heteroatoms. The van der Waals surface area contributed by atoms with Crippen LogP contribution in [0.15, 0.2) is 59.9 Å². The fraction of sp³-hybridized carbons (Fsp3) is 0.304. The molecule has 2 aromatic rings. The van der Waals surface area contributed by atoms with Crippen molar-refractivity contribution in [3.8, 4) is 5.75 Å². The fourth-order valence-corrected chi connectivity index (χ4v) is 3.47. The molecule has 1 amide bonds. The minimum atomic E-state index is -4.85. The monoisotopic (exact) mass is 433 g/mol. The third-order valence-corrected chi connectivity index (χ3v) is 4.84. The van der Waals surface area contributed by atoms with Crippen LogP contribution >= 0.6 is 0 Å². The smallest absolute Gasteiger partial charge is 0.503 e. The molecule has 0 saturated heterocycles. The number of ether oxygens (including phenoxy) is 1. The number of amides is 1. The van der Waals surface area contributed by atoms with Gasteiger partial charge in [0, 0.05) is 11.1 Å². The number of carbonyl (C=O) groups excluding carboxylic acids is 2. The Morgan fingerprint density at radius 2 is 1.68 bits per heavy atom. The number of rotatable bonds is 4. The van der Waals surface area contributed by atoms with Gasteiger partial charge in [0.1, 0.15) is 5.75 Å². The van der Waals surface area contributed by atoms with Gasteiger partial charge in [-0.25, -0.2) is 0 Å². The van der Waals surface area contributed by atoms with Gasteiger partial charge in [0.25, 0.3) is 5.91 Å². The van der Waals surface area contributed by atoms with Crippen LogP contribution in [-0.2, 0) is 9.59 Å². The number of aryl methyl sites for hydroxylation is 1. The third-order valence-electron chi connectivity index (χ3n) is 4.84. The highest BCUT2D eigenvalue weighted by molar-refractivity contribution is 6.17. The van der Waals surface area contributed by atoms with E-state index < -0.39 is 41.0 Å². The lowest BCUT2D eigenvalue weighted by Crippen LogP contribution is -2.32. The minimum absolute atomic E-state index is 0.0429. The number of carbonyl (C=O) groups is 2. The highest BCUT2D eigenvalue weighted by Gasteiger charge is 2.46. The lowest BCUT2D eigenvalue weighted by molar-refractivity contribution is -0.274. The summed E-state index contributed by atoms with van der Waals surface area (Å²) in [6.07, 6.45) is -4.85. The number of anilines is 1. The Morgan fingerprint density at radius 3 is 2.19 bits per heavy atom. The van der Waals surface area contributed by atoms with E-state index in [0.717, 1.165) is 17.7 Å². The normalized spacial score (nSPS) is 17.3. The van der Waals surface area contributed by atoms with Crippen LogP contribution < -0.4 is 9.64 Å². The molecule has 0 aromatic heterocycles. The van der Waals surface area contributed by atoms with E-state index in [-0.39, 0.29) is 11.3 Å². The second-order valence-corrected chi connectivity index (χ2v) is 8.37.